The van der Waals surface area contributed by atoms with Crippen LogP contribution in [0.15, 0.2) is 34.1 Å². The monoisotopic (exact) mass is 273 g/mol. The molecule has 106 valence electrons. The van der Waals surface area contributed by atoms with Crippen molar-refractivity contribution < 1.29 is 5.11 Å². The zero-order valence-corrected chi connectivity index (χ0v) is 11.7. The van der Waals surface area contributed by atoms with E-state index in [0.717, 1.165) is 5.52 Å². The van der Waals surface area contributed by atoms with Crippen LogP contribution in [-0.2, 0) is 6.54 Å². The summed E-state index contributed by atoms with van der Waals surface area (Å²) in [5.74, 6) is -0.0247. The van der Waals surface area contributed by atoms with Gasteiger partial charge in [0.25, 0.3) is 5.56 Å². The molecule has 0 saturated carbocycles. The van der Waals surface area contributed by atoms with Gasteiger partial charge in [-0.05, 0) is 26.0 Å². The molecule has 0 unspecified atom stereocenters. The van der Waals surface area contributed by atoms with Crippen molar-refractivity contribution in [2.75, 3.05) is 6.54 Å². The van der Waals surface area contributed by atoms with Crippen molar-refractivity contribution in [3.8, 4) is 5.75 Å². The molecule has 0 bridgehead atoms. The summed E-state index contributed by atoms with van der Waals surface area (Å²) in [7, 11) is 0. The van der Waals surface area contributed by atoms with Gasteiger partial charge in [0.05, 0.1) is 11.6 Å². The van der Waals surface area contributed by atoms with Crippen molar-refractivity contribution in [2.45, 2.75) is 26.4 Å². The van der Waals surface area contributed by atoms with E-state index >= 15 is 0 Å². The van der Waals surface area contributed by atoms with Gasteiger partial charge >= 0.3 is 0 Å². The second-order valence-corrected chi connectivity index (χ2v) is 4.69. The lowest BCUT2D eigenvalue weighted by atomic mass is 10.1. The number of pyridine rings is 1. The minimum Gasteiger partial charge on any atom is -0.506 e. The van der Waals surface area contributed by atoms with E-state index in [-0.39, 0.29) is 22.9 Å². The Morgan fingerprint density at radius 1 is 1.45 bits per heavy atom. The van der Waals surface area contributed by atoms with Gasteiger partial charge < -0.3 is 15.4 Å². The molecule has 1 atom stereocenters. The summed E-state index contributed by atoms with van der Waals surface area (Å²) in [5.41, 5.74) is 6.20. The highest BCUT2D eigenvalue weighted by atomic mass is 16.3. The van der Waals surface area contributed by atoms with Gasteiger partial charge in [-0.3, -0.25) is 9.79 Å². The molecule has 0 radical (unpaired) electrons. The number of nitrogens with zero attached hydrogens (tertiary/aromatic N) is 2. The standard InChI is InChI=1S/C15H19N3O2/c1-3-18-13-7-5-4-6-11(13)14(19)12(15(18)20)9-17-10(2)8-16/h4-7,9-10,19H,3,8,16H2,1-2H3/t10-/m1/s1. The van der Waals surface area contributed by atoms with Crippen LogP contribution in [0.25, 0.3) is 10.9 Å². The Morgan fingerprint density at radius 3 is 2.80 bits per heavy atom. The Balaban J connectivity index is 2.72. The number of aliphatic imine (C=N–C) groups is 1. The zero-order valence-electron chi connectivity index (χ0n) is 11.7. The minimum absolute atomic E-state index is 0.0247. The number of hydrogen-bond acceptors (Lipinski definition) is 4. The van der Waals surface area contributed by atoms with Crippen molar-refractivity contribution in [3.63, 3.8) is 0 Å². The lowest BCUT2D eigenvalue weighted by Gasteiger charge is -2.11. The lowest BCUT2D eigenvalue weighted by molar-refractivity contribution is 0.478. The topological polar surface area (TPSA) is 80.6 Å². The fourth-order valence-electron chi connectivity index (χ4n) is 2.10. The van der Waals surface area contributed by atoms with Crippen LogP contribution >= 0.6 is 0 Å². The van der Waals surface area contributed by atoms with Gasteiger partial charge in [0.1, 0.15) is 11.3 Å². The molecular formula is C15H19N3O2. The number of aryl methyl sites for hydroxylation is 1. The molecule has 0 amide bonds. The predicted octanol–water partition coefficient (Wildman–Crippen LogP) is 1.49. The Hall–Kier alpha value is -2.14. The van der Waals surface area contributed by atoms with E-state index in [1.807, 2.05) is 32.0 Å². The molecule has 0 aliphatic carbocycles. The molecule has 3 N–H and O–H groups in total. The Labute approximate surface area is 117 Å². The van der Waals surface area contributed by atoms with E-state index in [2.05, 4.69) is 4.99 Å². The number of para-hydroxylation sites is 1. The highest BCUT2D eigenvalue weighted by molar-refractivity contribution is 5.95. The summed E-state index contributed by atoms with van der Waals surface area (Å²) in [6.07, 6.45) is 1.42. The van der Waals surface area contributed by atoms with Crippen molar-refractivity contribution in [1.82, 2.24) is 4.57 Å². The first-order valence-electron chi connectivity index (χ1n) is 6.67. The lowest BCUT2D eigenvalue weighted by Crippen LogP contribution is -2.24. The molecule has 1 aromatic heterocycles. The van der Waals surface area contributed by atoms with Crippen molar-refractivity contribution >= 4 is 17.1 Å². The van der Waals surface area contributed by atoms with Gasteiger partial charge in [-0.15, -0.1) is 0 Å². The Bertz CT molecular complexity index is 704. The van der Waals surface area contributed by atoms with Gasteiger partial charge in [0.15, 0.2) is 0 Å². The molecule has 20 heavy (non-hydrogen) atoms. The van der Waals surface area contributed by atoms with E-state index in [1.165, 1.54) is 6.21 Å². The molecule has 2 rings (SSSR count). The molecular weight excluding hydrogens is 254 g/mol. The maximum Gasteiger partial charge on any atom is 0.263 e. The van der Waals surface area contributed by atoms with Crippen LogP contribution in [0.5, 0.6) is 5.75 Å². The Morgan fingerprint density at radius 2 is 2.15 bits per heavy atom. The van der Waals surface area contributed by atoms with Gasteiger partial charge in [0, 0.05) is 24.7 Å². The van der Waals surface area contributed by atoms with Crippen LogP contribution in [0.1, 0.15) is 19.4 Å². The second-order valence-electron chi connectivity index (χ2n) is 4.69. The maximum atomic E-state index is 12.4. The van der Waals surface area contributed by atoms with E-state index < -0.39 is 0 Å². The molecule has 0 fully saturated rings. The summed E-state index contributed by atoms with van der Waals surface area (Å²) in [4.78, 5) is 16.6. The molecule has 0 aliphatic heterocycles. The van der Waals surface area contributed by atoms with Crippen LogP contribution in [0.2, 0.25) is 0 Å². The third-order valence-corrected chi connectivity index (χ3v) is 3.30. The van der Waals surface area contributed by atoms with Gasteiger partial charge in [0.2, 0.25) is 0 Å². The molecule has 1 heterocycles. The fraction of sp³-hybridized carbons (Fsp3) is 0.333. The second kappa shape index (κ2) is 5.88. The molecule has 5 nitrogen and oxygen atoms in total. The summed E-state index contributed by atoms with van der Waals surface area (Å²) in [6.45, 7) is 4.68. The van der Waals surface area contributed by atoms with E-state index in [0.29, 0.717) is 18.5 Å². The number of aromatic hydroxyl groups is 1. The SMILES string of the molecule is CCn1c(=O)c(C=N[C@H](C)CN)c(O)c2ccccc21. The number of benzene rings is 1. The van der Waals surface area contributed by atoms with Crippen LogP contribution in [0.3, 0.4) is 0 Å². The summed E-state index contributed by atoms with van der Waals surface area (Å²) in [6, 6.07) is 7.20. The molecule has 0 saturated heterocycles. The fourth-order valence-corrected chi connectivity index (χ4v) is 2.10. The van der Waals surface area contributed by atoms with Crippen LogP contribution in [-0.4, -0.2) is 28.5 Å². The third kappa shape index (κ3) is 2.44. The summed E-state index contributed by atoms with van der Waals surface area (Å²) in [5, 5.41) is 10.9. The van der Waals surface area contributed by atoms with E-state index in [4.69, 9.17) is 5.73 Å². The Kier molecular flexibility index (Phi) is 4.20. The van der Waals surface area contributed by atoms with Crippen molar-refractivity contribution in [3.05, 3.63) is 40.2 Å². The average molecular weight is 273 g/mol. The van der Waals surface area contributed by atoms with E-state index in [9.17, 15) is 9.90 Å². The molecule has 0 aliphatic rings. The molecule has 5 heteroatoms. The third-order valence-electron chi connectivity index (χ3n) is 3.30. The van der Waals surface area contributed by atoms with Crippen molar-refractivity contribution in [2.24, 2.45) is 10.7 Å². The highest BCUT2D eigenvalue weighted by Gasteiger charge is 2.13. The smallest absolute Gasteiger partial charge is 0.263 e. The van der Waals surface area contributed by atoms with Gasteiger partial charge in [-0.1, -0.05) is 12.1 Å². The maximum absolute atomic E-state index is 12.4. The minimum atomic E-state index is -0.239. The highest BCUT2D eigenvalue weighted by Crippen LogP contribution is 2.25. The van der Waals surface area contributed by atoms with Gasteiger partial charge in [-0.25, -0.2) is 0 Å². The normalized spacial score (nSPS) is 13.2. The van der Waals surface area contributed by atoms with Crippen LogP contribution < -0.4 is 11.3 Å². The molecule has 0 spiro atoms. The number of aromatic nitrogens is 1. The van der Waals surface area contributed by atoms with Crippen molar-refractivity contribution in [1.29, 1.82) is 0 Å². The first kappa shape index (κ1) is 14.3. The molecule has 2 aromatic rings. The number of hydrogen-bond donors (Lipinski definition) is 2. The van der Waals surface area contributed by atoms with Gasteiger partial charge in [-0.2, -0.15) is 0 Å². The average Bonchev–Trinajstić information content (AvgIpc) is 2.47. The first-order valence-corrected chi connectivity index (χ1v) is 6.67. The summed E-state index contributed by atoms with van der Waals surface area (Å²) < 4.78 is 1.63. The van der Waals surface area contributed by atoms with E-state index in [1.54, 1.807) is 10.6 Å². The first-order chi connectivity index (χ1) is 9.60. The number of fused-ring (bicyclic) bond motifs is 1. The number of nitrogens with two attached hydrogens (primary N) is 1. The predicted molar refractivity (Wildman–Crippen MR) is 81.7 cm³/mol. The largest absolute Gasteiger partial charge is 0.506 e. The van der Waals surface area contributed by atoms with Crippen LogP contribution in [0.4, 0.5) is 0 Å². The zero-order chi connectivity index (χ0) is 14.7. The molecule has 1 aromatic carbocycles. The quantitative estimate of drug-likeness (QED) is 0.828. The van der Waals surface area contributed by atoms with Crippen LogP contribution in [0, 0.1) is 0 Å². The summed E-state index contributed by atoms with van der Waals surface area (Å²) >= 11 is 0. The number of rotatable bonds is 4.